The monoisotopic (exact) mass is 372 g/mol. The van der Waals surface area contributed by atoms with E-state index in [-0.39, 0.29) is 28.9 Å². The summed E-state index contributed by atoms with van der Waals surface area (Å²) in [4.78, 5) is 25.5. The van der Waals surface area contributed by atoms with Crippen molar-refractivity contribution in [3.8, 4) is 11.5 Å². The average Bonchev–Trinajstić information content (AvgIpc) is 2.72. The molecule has 3 rings (SSSR count). The summed E-state index contributed by atoms with van der Waals surface area (Å²) in [5.41, 5.74) is 0.601. The molecule has 27 heavy (non-hydrogen) atoms. The van der Waals surface area contributed by atoms with Gasteiger partial charge in [0.1, 0.15) is 11.7 Å². The van der Waals surface area contributed by atoms with E-state index in [9.17, 15) is 14.9 Å². The average molecular weight is 372 g/mol. The minimum Gasteiger partial charge on any atom is -0.493 e. The van der Waals surface area contributed by atoms with E-state index in [1.807, 2.05) is 30.3 Å². The summed E-state index contributed by atoms with van der Waals surface area (Å²) in [6.07, 6.45) is -0.275. The van der Waals surface area contributed by atoms with Crippen LogP contribution in [0.5, 0.6) is 11.5 Å². The van der Waals surface area contributed by atoms with Gasteiger partial charge in [-0.3, -0.25) is 14.9 Å². The highest BCUT2D eigenvalue weighted by Crippen LogP contribution is 2.35. The number of amides is 1. The first kappa shape index (κ1) is 18.7. The lowest BCUT2D eigenvalue weighted by Gasteiger charge is -2.33. The number of rotatable bonds is 5. The number of carbonyl (C=O) groups is 1. The Labute approximate surface area is 156 Å². The van der Waals surface area contributed by atoms with Crippen molar-refractivity contribution in [3.63, 3.8) is 0 Å². The minimum atomic E-state index is -0.593. The zero-order chi connectivity index (χ0) is 19.4. The number of nitro benzene ring substituents is 1. The predicted octanol–water partition coefficient (Wildman–Crippen LogP) is 2.83. The second-order valence-electron chi connectivity index (χ2n) is 6.00. The van der Waals surface area contributed by atoms with Gasteiger partial charge in [-0.15, -0.1) is 0 Å². The molecule has 2 aromatic rings. The first-order valence-corrected chi connectivity index (χ1v) is 8.41. The number of benzene rings is 2. The molecule has 0 N–H and O–H groups in total. The van der Waals surface area contributed by atoms with Gasteiger partial charge < -0.3 is 19.1 Å². The summed E-state index contributed by atoms with van der Waals surface area (Å²) < 4.78 is 16.1. The largest absolute Gasteiger partial charge is 0.493 e. The lowest BCUT2D eigenvalue weighted by atomic mass is 10.1. The van der Waals surface area contributed by atoms with Gasteiger partial charge in [-0.1, -0.05) is 30.3 Å². The molecule has 1 atom stereocenters. The van der Waals surface area contributed by atoms with Gasteiger partial charge >= 0.3 is 0 Å². The molecule has 1 unspecified atom stereocenters. The van der Waals surface area contributed by atoms with E-state index in [1.54, 1.807) is 4.90 Å². The van der Waals surface area contributed by atoms with E-state index < -0.39 is 10.8 Å². The Balaban J connectivity index is 1.91. The standard InChI is InChI=1S/C19H20N2O6/c1-25-16-10-14(15(21(23)24)11-17(16)26-2)19(22)20-8-9-27-18(12-20)13-6-4-3-5-7-13/h3-7,10-11,18H,8-9,12H2,1-2H3. The summed E-state index contributed by atoms with van der Waals surface area (Å²) in [7, 11) is 2.80. The van der Waals surface area contributed by atoms with Crippen LogP contribution >= 0.6 is 0 Å². The van der Waals surface area contributed by atoms with E-state index >= 15 is 0 Å². The molecule has 2 aromatic carbocycles. The minimum absolute atomic E-state index is 0.0358. The molecule has 0 saturated carbocycles. The SMILES string of the molecule is COc1cc(C(=O)N2CCOC(c3ccccc3)C2)c([N+](=O)[O-])cc1OC. The highest BCUT2D eigenvalue weighted by molar-refractivity contribution is 5.99. The molecule has 0 bridgehead atoms. The maximum Gasteiger partial charge on any atom is 0.286 e. The highest BCUT2D eigenvalue weighted by atomic mass is 16.6. The van der Waals surface area contributed by atoms with Crippen LogP contribution in [-0.4, -0.2) is 49.6 Å². The second-order valence-corrected chi connectivity index (χ2v) is 6.00. The molecule has 8 nitrogen and oxygen atoms in total. The summed E-state index contributed by atoms with van der Waals surface area (Å²) in [5, 5.41) is 11.5. The summed E-state index contributed by atoms with van der Waals surface area (Å²) >= 11 is 0. The molecular weight excluding hydrogens is 352 g/mol. The molecule has 0 aromatic heterocycles. The van der Waals surface area contributed by atoms with E-state index in [0.717, 1.165) is 5.56 Å². The normalized spacial score (nSPS) is 16.7. The van der Waals surface area contributed by atoms with Crippen LogP contribution in [0, 0.1) is 10.1 Å². The quantitative estimate of drug-likeness (QED) is 0.592. The molecule has 8 heteroatoms. The highest BCUT2D eigenvalue weighted by Gasteiger charge is 2.31. The Morgan fingerprint density at radius 1 is 1.19 bits per heavy atom. The van der Waals surface area contributed by atoms with Gasteiger partial charge in [0.05, 0.1) is 38.4 Å². The molecule has 1 heterocycles. The first-order chi connectivity index (χ1) is 13.0. The van der Waals surface area contributed by atoms with Gasteiger partial charge in [-0.05, 0) is 5.56 Å². The number of hydrogen-bond donors (Lipinski definition) is 0. The van der Waals surface area contributed by atoms with Crippen molar-refractivity contribution in [2.75, 3.05) is 33.9 Å². The number of carbonyl (C=O) groups excluding carboxylic acids is 1. The Bertz CT molecular complexity index is 840. The van der Waals surface area contributed by atoms with Crippen molar-refractivity contribution >= 4 is 11.6 Å². The van der Waals surface area contributed by atoms with Crippen molar-refractivity contribution in [1.29, 1.82) is 0 Å². The fourth-order valence-corrected chi connectivity index (χ4v) is 3.06. The molecular formula is C19H20N2O6. The Kier molecular flexibility index (Phi) is 5.56. The third kappa shape index (κ3) is 3.85. The third-order valence-electron chi connectivity index (χ3n) is 4.45. The zero-order valence-corrected chi connectivity index (χ0v) is 15.1. The van der Waals surface area contributed by atoms with Crippen LogP contribution in [-0.2, 0) is 4.74 Å². The van der Waals surface area contributed by atoms with Gasteiger partial charge in [-0.25, -0.2) is 0 Å². The summed E-state index contributed by atoms with van der Waals surface area (Å²) in [6.45, 7) is 1.02. The van der Waals surface area contributed by atoms with Crippen molar-refractivity contribution in [2.24, 2.45) is 0 Å². The molecule has 1 fully saturated rings. The molecule has 0 spiro atoms. The van der Waals surface area contributed by atoms with Gasteiger partial charge in [0.25, 0.3) is 11.6 Å². The number of morpholine rings is 1. The number of methoxy groups -OCH3 is 2. The Morgan fingerprint density at radius 2 is 1.85 bits per heavy atom. The smallest absolute Gasteiger partial charge is 0.286 e. The maximum absolute atomic E-state index is 13.0. The molecule has 0 radical (unpaired) electrons. The van der Waals surface area contributed by atoms with Crippen molar-refractivity contribution < 1.29 is 23.9 Å². The lowest BCUT2D eigenvalue weighted by molar-refractivity contribution is -0.385. The van der Waals surface area contributed by atoms with Crippen LogP contribution in [0.25, 0.3) is 0 Å². The van der Waals surface area contributed by atoms with Crippen LogP contribution in [0.15, 0.2) is 42.5 Å². The van der Waals surface area contributed by atoms with Gasteiger partial charge in [0.15, 0.2) is 11.5 Å². The molecule has 0 aliphatic carbocycles. The molecule has 1 aliphatic heterocycles. The maximum atomic E-state index is 13.0. The molecule has 1 saturated heterocycles. The van der Waals surface area contributed by atoms with Gasteiger partial charge in [0.2, 0.25) is 0 Å². The molecule has 1 aliphatic rings. The first-order valence-electron chi connectivity index (χ1n) is 8.41. The number of nitrogens with zero attached hydrogens (tertiary/aromatic N) is 2. The molecule has 1 amide bonds. The van der Waals surface area contributed by atoms with Gasteiger partial charge in [-0.2, -0.15) is 0 Å². The van der Waals surface area contributed by atoms with Crippen LogP contribution < -0.4 is 9.47 Å². The number of hydrogen-bond acceptors (Lipinski definition) is 6. The van der Waals surface area contributed by atoms with Crippen LogP contribution in [0.2, 0.25) is 0 Å². The van der Waals surface area contributed by atoms with E-state index in [0.29, 0.717) is 19.7 Å². The third-order valence-corrected chi connectivity index (χ3v) is 4.45. The fraction of sp³-hybridized carbons (Fsp3) is 0.316. The number of ether oxygens (including phenoxy) is 3. The van der Waals surface area contributed by atoms with Crippen molar-refractivity contribution in [3.05, 3.63) is 63.7 Å². The van der Waals surface area contributed by atoms with Crippen molar-refractivity contribution in [2.45, 2.75) is 6.10 Å². The Morgan fingerprint density at radius 3 is 2.48 bits per heavy atom. The second kappa shape index (κ2) is 8.05. The van der Waals surface area contributed by atoms with Gasteiger partial charge in [0, 0.05) is 12.6 Å². The topological polar surface area (TPSA) is 91.1 Å². The Hall–Kier alpha value is -3.13. The lowest BCUT2D eigenvalue weighted by Crippen LogP contribution is -2.42. The fourth-order valence-electron chi connectivity index (χ4n) is 3.06. The molecule has 142 valence electrons. The van der Waals surface area contributed by atoms with Crippen LogP contribution in [0.3, 0.4) is 0 Å². The number of nitro groups is 1. The van der Waals surface area contributed by atoms with Crippen LogP contribution in [0.4, 0.5) is 5.69 Å². The van der Waals surface area contributed by atoms with E-state index in [4.69, 9.17) is 14.2 Å². The van der Waals surface area contributed by atoms with Crippen molar-refractivity contribution in [1.82, 2.24) is 4.90 Å². The summed E-state index contributed by atoms with van der Waals surface area (Å²) in [6, 6.07) is 12.1. The summed E-state index contributed by atoms with van der Waals surface area (Å²) in [5.74, 6) is 0.0242. The predicted molar refractivity (Wildman–Crippen MR) is 97.2 cm³/mol. The van der Waals surface area contributed by atoms with E-state index in [1.165, 1.54) is 26.4 Å². The van der Waals surface area contributed by atoms with E-state index in [2.05, 4.69) is 0 Å². The van der Waals surface area contributed by atoms with Crippen LogP contribution in [0.1, 0.15) is 22.0 Å². The zero-order valence-electron chi connectivity index (χ0n) is 15.1.